The number of hydrogen-bond donors (Lipinski definition) is 0. The fraction of sp³-hybridized carbons (Fsp3) is 1.00. The summed E-state index contributed by atoms with van der Waals surface area (Å²) in [6.45, 7) is 12.0. The van der Waals surface area contributed by atoms with Gasteiger partial charge in [-0.1, -0.05) is 41.0 Å². The molecule has 0 heteroatoms. The standard InChI is InChI=1S/C13H24/c1-6-8-13(7-2)10-11(13)12(10,5)9(3)4/h9-11H,6-8H2,1-5H3. The molecular formula is C13H24. The van der Waals surface area contributed by atoms with Crippen LogP contribution in [0.2, 0.25) is 0 Å². The van der Waals surface area contributed by atoms with E-state index in [-0.39, 0.29) is 0 Å². The second-order valence-electron chi connectivity index (χ2n) is 5.81. The van der Waals surface area contributed by atoms with Crippen molar-refractivity contribution in [2.24, 2.45) is 28.6 Å². The van der Waals surface area contributed by atoms with Gasteiger partial charge in [0.05, 0.1) is 0 Å². The van der Waals surface area contributed by atoms with Crippen LogP contribution in [-0.2, 0) is 0 Å². The Hall–Kier alpha value is 0. The van der Waals surface area contributed by atoms with E-state index in [0.29, 0.717) is 0 Å². The van der Waals surface area contributed by atoms with Gasteiger partial charge in [0.25, 0.3) is 0 Å². The minimum atomic E-state index is 0.741. The van der Waals surface area contributed by atoms with Crippen LogP contribution in [0.1, 0.15) is 53.9 Å². The summed E-state index contributed by atoms with van der Waals surface area (Å²) in [6, 6.07) is 0. The average Bonchev–Trinajstić information content (AvgIpc) is 2.92. The Balaban J connectivity index is 2.00. The number of fused-ring (bicyclic) bond motifs is 1. The van der Waals surface area contributed by atoms with E-state index in [1.54, 1.807) is 0 Å². The molecule has 2 rings (SSSR count). The molecule has 2 saturated carbocycles. The van der Waals surface area contributed by atoms with Crippen LogP contribution >= 0.6 is 0 Å². The first kappa shape index (κ1) is 9.55. The van der Waals surface area contributed by atoms with E-state index < -0.39 is 0 Å². The van der Waals surface area contributed by atoms with Crippen LogP contribution in [-0.4, -0.2) is 0 Å². The molecule has 2 unspecified atom stereocenters. The van der Waals surface area contributed by atoms with Gasteiger partial charge in [-0.3, -0.25) is 0 Å². The molecule has 0 radical (unpaired) electrons. The lowest BCUT2D eigenvalue weighted by molar-refractivity contribution is 0.138. The van der Waals surface area contributed by atoms with Gasteiger partial charge in [0.15, 0.2) is 0 Å². The lowest BCUT2D eigenvalue weighted by Crippen LogP contribution is -2.28. The van der Waals surface area contributed by atoms with E-state index >= 15 is 0 Å². The predicted octanol–water partition coefficient (Wildman–Crippen LogP) is 4.10. The molecule has 2 aliphatic carbocycles. The van der Waals surface area contributed by atoms with E-state index in [9.17, 15) is 0 Å². The monoisotopic (exact) mass is 180 g/mol. The third kappa shape index (κ3) is 0.877. The van der Waals surface area contributed by atoms with Gasteiger partial charge in [0, 0.05) is 0 Å². The first-order valence-corrected chi connectivity index (χ1v) is 6.05. The summed E-state index contributed by atoms with van der Waals surface area (Å²) < 4.78 is 0. The summed E-state index contributed by atoms with van der Waals surface area (Å²) in [6.07, 6.45) is 4.30. The summed E-state index contributed by atoms with van der Waals surface area (Å²) in [7, 11) is 0. The van der Waals surface area contributed by atoms with Gasteiger partial charge in [-0.05, 0) is 41.4 Å². The average molecular weight is 180 g/mol. The van der Waals surface area contributed by atoms with Crippen molar-refractivity contribution in [1.82, 2.24) is 0 Å². The van der Waals surface area contributed by atoms with E-state index in [1.807, 2.05) is 0 Å². The minimum Gasteiger partial charge on any atom is -0.0654 e. The Labute approximate surface area is 83.1 Å². The van der Waals surface area contributed by atoms with Crippen molar-refractivity contribution in [2.45, 2.75) is 53.9 Å². The summed E-state index contributed by atoms with van der Waals surface area (Å²) in [5.74, 6) is 3.11. The molecule has 0 aliphatic heterocycles. The maximum Gasteiger partial charge on any atom is -0.0227 e. The van der Waals surface area contributed by atoms with Crippen molar-refractivity contribution >= 4 is 0 Å². The molecule has 13 heavy (non-hydrogen) atoms. The fourth-order valence-corrected chi connectivity index (χ4v) is 4.28. The molecule has 0 nitrogen and oxygen atoms in total. The molecule has 0 spiro atoms. The van der Waals surface area contributed by atoms with Crippen molar-refractivity contribution < 1.29 is 0 Å². The molecule has 0 amide bonds. The van der Waals surface area contributed by atoms with Crippen molar-refractivity contribution in [1.29, 1.82) is 0 Å². The van der Waals surface area contributed by atoms with Crippen LogP contribution in [0.3, 0.4) is 0 Å². The normalized spacial score (nSPS) is 52.2. The predicted molar refractivity (Wildman–Crippen MR) is 57.6 cm³/mol. The maximum atomic E-state index is 2.51. The molecule has 0 heterocycles. The summed E-state index contributed by atoms with van der Waals surface area (Å²) in [4.78, 5) is 0. The molecule has 0 saturated heterocycles. The third-order valence-electron chi connectivity index (χ3n) is 5.31. The summed E-state index contributed by atoms with van der Waals surface area (Å²) in [5, 5.41) is 0. The van der Waals surface area contributed by atoms with Crippen LogP contribution in [0, 0.1) is 28.6 Å². The van der Waals surface area contributed by atoms with Crippen LogP contribution < -0.4 is 0 Å². The molecule has 0 aromatic carbocycles. The van der Waals surface area contributed by atoms with Crippen LogP contribution in [0.4, 0.5) is 0 Å². The zero-order valence-electron chi connectivity index (χ0n) is 9.85. The van der Waals surface area contributed by atoms with Crippen LogP contribution in [0.15, 0.2) is 0 Å². The van der Waals surface area contributed by atoms with Crippen molar-refractivity contribution in [3.8, 4) is 0 Å². The van der Waals surface area contributed by atoms with Gasteiger partial charge in [0.2, 0.25) is 0 Å². The first-order valence-electron chi connectivity index (χ1n) is 6.05. The molecule has 2 fully saturated rings. The van der Waals surface area contributed by atoms with Gasteiger partial charge in [0.1, 0.15) is 0 Å². The number of rotatable bonds is 4. The van der Waals surface area contributed by atoms with Crippen LogP contribution in [0.5, 0.6) is 0 Å². The molecule has 76 valence electrons. The highest BCUT2D eigenvalue weighted by Crippen LogP contribution is 2.92. The SMILES string of the molecule is CCCC1(CC)C2C1C2(C)C(C)C. The molecular weight excluding hydrogens is 156 g/mol. The molecule has 0 aromatic heterocycles. The quantitative estimate of drug-likeness (QED) is 0.611. The lowest BCUT2D eigenvalue weighted by atomic mass is 9.70. The smallest absolute Gasteiger partial charge is 0.0227 e. The van der Waals surface area contributed by atoms with Crippen LogP contribution in [0.25, 0.3) is 0 Å². The maximum absolute atomic E-state index is 2.51. The van der Waals surface area contributed by atoms with E-state index in [4.69, 9.17) is 0 Å². The highest BCUT2D eigenvalue weighted by atomic mass is 14.9. The van der Waals surface area contributed by atoms with Crippen molar-refractivity contribution in [3.63, 3.8) is 0 Å². The summed E-state index contributed by atoms with van der Waals surface area (Å²) >= 11 is 0. The van der Waals surface area contributed by atoms with Crippen molar-refractivity contribution in [2.75, 3.05) is 0 Å². The molecule has 0 aromatic rings. The first-order chi connectivity index (χ1) is 6.05. The topological polar surface area (TPSA) is 0 Å². The largest absolute Gasteiger partial charge is 0.0654 e. The lowest BCUT2D eigenvalue weighted by Gasteiger charge is -2.35. The molecule has 0 bridgehead atoms. The van der Waals surface area contributed by atoms with Gasteiger partial charge >= 0.3 is 0 Å². The Kier molecular flexibility index (Phi) is 1.85. The van der Waals surface area contributed by atoms with E-state index in [1.165, 1.54) is 19.3 Å². The molecule has 2 aliphatic rings. The zero-order chi connectivity index (χ0) is 9.85. The minimum absolute atomic E-state index is 0.741. The third-order valence-corrected chi connectivity index (χ3v) is 5.31. The highest BCUT2D eigenvalue weighted by Gasteiger charge is 2.88. The van der Waals surface area contributed by atoms with E-state index in [0.717, 1.165) is 28.6 Å². The van der Waals surface area contributed by atoms with Crippen molar-refractivity contribution in [3.05, 3.63) is 0 Å². The Morgan fingerprint density at radius 2 is 1.69 bits per heavy atom. The van der Waals surface area contributed by atoms with Gasteiger partial charge in [-0.25, -0.2) is 0 Å². The second-order valence-corrected chi connectivity index (χ2v) is 5.81. The van der Waals surface area contributed by atoms with Gasteiger partial charge in [-0.15, -0.1) is 0 Å². The Morgan fingerprint density at radius 3 is 2.00 bits per heavy atom. The van der Waals surface area contributed by atoms with E-state index in [2.05, 4.69) is 34.6 Å². The molecule has 0 N–H and O–H groups in total. The zero-order valence-corrected chi connectivity index (χ0v) is 9.85. The Morgan fingerprint density at radius 1 is 1.15 bits per heavy atom. The highest BCUT2D eigenvalue weighted by molar-refractivity contribution is 5.34. The summed E-state index contributed by atoms with van der Waals surface area (Å²) in [5.41, 5.74) is 1.55. The molecule has 2 atom stereocenters. The Bertz CT molecular complexity index is 204. The van der Waals surface area contributed by atoms with Gasteiger partial charge in [-0.2, -0.15) is 0 Å². The second kappa shape index (κ2) is 2.52. The fourth-order valence-electron chi connectivity index (χ4n) is 4.28. The number of hydrogen-bond acceptors (Lipinski definition) is 0. The van der Waals surface area contributed by atoms with Gasteiger partial charge < -0.3 is 0 Å².